The Hall–Kier alpha value is -1.32. The molecule has 2 bridgehead atoms. The molecule has 2 saturated carbocycles. The first-order valence-electron chi connectivity index (χ1n) is 6.52. The zero-order chi connectivity index (χ0) is 11.8. The third-order valence-corrected chi connectivity index (χ3v) is 4.29. The molecular weight excluding hydrogens is 214 g/mol. The van der Waals surface area contributed by atoms with Crippen LogP contribution in [-0.2, 0) is 0 Å². The zero-order valence-corrected chi connectivity index (χ0v) is 10.2. The van der Waals surface area contributed by atoms with Crippen LogP contribution in [0.4, 0.5) is 5.82 Å². The summed E-state index contributed by atoms with van der Waals surface area (Å²) < 4.78 is 0. The van der Waals surface area contributed by atoms with Gasteiger partial charge in [0.25, 0.3) is 5.56 Å². The minimum atomic E-state index is -0.0760. The number of nitrogens with one attached hydrogen (secondary N) is 2. The molecule has 0 amide bonds. The van der Waals surface area contributed by atoms with Crippen molar-refractivity contribution < 1.29 is 0 Å². The van der Waals surface area contributed by atoms with E-state index >= 15 is 0 Å². The van der Waals surface area contributed by atoms with E-state index in [1.807, 2.05) is 6.92 Å². The summed E-state index contributed by atoms with van der Waals surface area (Å²) in [6.45, 7) is 2.78. The van der Waals surface area contributed by atoms with Gasteiger partial charge < -0.3 is 10.3 Å². The number of aryl methyl sites for hydroxylation is 1. The number of anilines is 1. The van der Waals surface area contributed by atoms with Crippen LogP contribution in [0.1, 0.15) is 31.5 Å². The van der Waals surface area contributed by atoms with Gasteiger partial charge in [0.2, 0.25) is 0 Å². The number of aromatic nitrogens is 2. The Morgan fingerprint density at radius 3 is 3.00 bits per heavy atom. The molecule has 2 fully saturated rings. The molecule has 0 saturated heterocycles. The maximum absolute atomic E-state index is 11.3. The van der Waals surface area contributed by atoms with Gasteiger partial charge in [-0.05, 0) is 43.9 Å². The fraction of sp³-hybridized carbons (Fsp3) is 0.692. The van der Waals surface area contributed by atoms with Crippen molar-refractivity contribution in [3.63, 3.8) is 0 Å². The summed E-state index contributed by atoms with van der Waals surface area (Å²) in [7, 11) is 0. The van der Waals surface area contributed by atoms with Gasteiger partial charge in [-0.25, -0.2) is 4.98 Å². The Balaban J connectivity index is 1.62. The highest BCUT2D eigenvalue weighted by atomic mass is 16.1. The molecule has 2 aliphatic carbocycles. The number of hydrogen-bond donors (Lipinski definition) is 2. The maximum Gasteiger partial charge on any atom is 0.252 e. The second kappa shape index (κ2) is 4.17. The second-order valence-electron chi connectivity index (χ2n) is 5.53. The van der Waals surface area contributed by atoms with Crippen LogP contribution in [0, 0.1) is 24.7 Å². The van der Waals surface area contributed by atoms with Crippen LogP contribution in [0.5, 0.6) is 0 Å². The van der Waals surface area contributed by atoms with E-state index in [4.69, 9.17) is 0 Å². The quantitative estimate of drug-likeness (QED) is 0.838. The summed E-state index contributed by atoms with van der Waals surface area (Å²) in [4.78, 5) is 18.2. The molecule has 1 aromatic heterocycles. The molecule has 4 nitrogen and oxygen atoms in total. The predicted molar refractivity (Wildman–Crippen MR) is 67.0 cm³/mol. The Kier molecular flexibility index (Phi) is 2.65. The molecule has 0 aromatic carbocycles. The van der Waals surface area contributed by atoms with Gasteiger partial charge in [0.1, 0.15) is 11.6 Å². The van der Waals surface area contributed by atoms with Gasteiger partial charge >= 0.3 is 0 Å². The van der Waals surface area contributed by atoms with E-state index in [-0.39, 0.29) is 5.56 Å². The first kappa shape index (κ1) is 10.8. The monoisotopic (exact) mass is 233 g/mol. The minimum Gasteiger partial charge on any atom is -0.370 e. The van der Waals surface area contributed by atoms with E-state index in [0.717, 1.165) is 24.3 Å². The average molecular weight is 233 g/mol. The first-order chi connectivity index (χ1) is 8.20. The normalized spacial score (nSPS) is 30.8. The summed E-state index contributed by atoms with van der Waals surface area (Å²) >= 11 is 0. The number of aromatic amines is 1. The van der Waals surface area contributed by atoms with Gasteiger partial charge in [0.15, 0.2) is 0 Å². The lowest BCUT2D eigenvalue weighted by atomic mass is 9.89. The van der Waals surface area contributed by atoms with Crippen LogP contribution in [0.25, 0.3) is 0 Å². The third-order valence-electron chi connectivity index (χ3n) is 4.29. The smallest absolute Gasteiger partial charge is 0.252 e. The SMILES string of the molecule is Cc1nc(NCC2CC3CCC2C3)cc(=O)[nH]1. The number of fused-ring (bicyclic) bond motifs is 2. The van der Waals surface area contributed by atoms with Crippen molar-refractivity contribution in [2.75, 3.05) is 11.9 Å². The van der Waals surface area contributed by atoms with E-state index < -0.39 is 0 Å². The third kappa shape index (κ3) is 2.21. The van der Waals surface area contributed by atoms with Crippen LogP contribution in [0.2, 0.25) is 0 Å². The molecule has 1 aromatic rings. The van der Waals surface area contributed by atoms with Crippen LogP contribution in [-0.4, -0.2) is 16.5 Å². The van der Waals surface area contributed by atoms with Gasteiger partial charge in [0, 0.05) is 12.6 Å². The number of H-pyrrole nitrogens is 1. The molecule has 1 heterocycles. The maximum atomic E-state index is 11.3. The molecule has 2 N–H and O–H groups in total. The van der Waals surface area contributed by atoms with Crippen molar-refractivity contribution >= 4 is 5.82 Å². The molecule has 3 atom stereocenters. The van der Waals surface area contributed by atoms with E-state index in [1.54, 1.807) is 6.07 Å². The van der Waals surface area contributed by atoms with Crippen molar-refractivity contribution in [3.05, 3.63) is 22.2 Å². The molecule has 3 unspecified atom stereocenters. The largest absolute Gasteiger partial charge is 0.370 e. The molecule has 4 heteroatoms. The second-order valence-corrected chi connectivity index (χ2v) is 5.53. The van der Waals surface area contributed by atoms with Gasteiger partial charge in [0.05, 0.1) is 0 Å². The van der Waals surface area contributed by atoms with Crippen LogP contribution in [0.15, 0.2) is 10.9 Å². The lowest BCUT2D eigenvalue weighted by Crippen LogP contribution is -2.21. The molecule has 0 spiro atoms. The summed E-state index contributed by atoms with van der Waals surface area (Å²) in [5, 5.41) is 3.32. The van der Waals surface area contributed by atoms with Crippen molar-refractivity contribution in [2.45, 2.75) is 32.6 Å². The van der Waals surface area contributed by atoms with E-state index in [1.165, 1.54) is 25.7 Å². The zero-order valence-electron chi connectivity index (χ0n) is 10.2. The number of nitrogens with zero attached hydrogens (tertiary/aromatic N) is 1. The van der Waals surface area contributed by atoms with Crippen molar-refractivity contribution in [3.8, 4) is 0 Å². The van der Waals surface area contributed by atoms with E-state index in [9.17, 15) is 4.79 Å². The van der Waals surface area contributed by atoms with Gasteiger partial charge in [-0.15, -0.1) is 0 Å². The minimum absolute atomic E-state index is 0.0760. The van der Waals surface area contributed by atoms with Crippen LogP contribution in [0.3, 0.4) is 0 Å². The molecular formula is C13H19N3O. The van der Waals surface area contributed by atoms with Crippen molar-refractivity contribution in [2.24, 2.45) is 17.8 Å². The Morgan fingerprint density at radius 1 is 1.47 bits per heavy atom. The van der Waals surface area contributed by atoms with Crippen LogP contribution >= 0.6 is 0 Å². The van der Waals surface area contributed by atoms with E-state index in [2.05, 4.69) is 15.3 Å². The molecule has 92 valence electrons. The van der Waals surface area contributed by atoms with Gasteiger partial charge in [-0.2, -0.15) is 0 Å². The first-order valence-corrected chi connectivity index (χ1v) is 6.52. The number of rotatable bonds is 3. The molecule has 0 radical (unpaired) electrons. The molecule has 0 aliphatic heterocycles. The molecule has 3 rings (SSSR count). The van der Waals surface area contributed by atoms with Gasteiger partial charge in [-0.1, -0.05) is 6.42 Å². The fourth-order valence-corrected chi connectivity index (χ4v) is 3.53. The average Bonchev–Trinajstić information content (AvgIpc) is 2.86. The highest BCUT2D eigenvalue weighted by molar-refractivity contribution is 5.32. The summed E-state index contributed by atoms with van der Waals surface area (Å²) in [6, 6.07) is 1.54. The van der Waals surface area contributed by atoms with Crippen molar-refractivity contribution in [1.82, 2.24) is 9.97 Å². The summed E-state index contributed by atoms with van der Waals surface area (Å²) in [5.74, 6) is 4.06. The summed E-state index contributed by atoms with van der Waals surface area (Å²) in [6.07, 6.45) is 5.62. The topological polar surface area (TPSA) is 57.8 Å². The lowest BCUT2D eigenvalue weighted by Gasteiger charge is -2.22. The molecule has 2 aliphatic rings. The highest BCUT2D eigenvalue weighted by Gasteiger charge is 2.39. The standard InChI is InChI=1S/C13H19N3O/c1-8-15-12(6-13(17)16-8)14-7-11-5-9-2-3-10(11)4-9/h6,9-11H,2-5,7H2,1H3,(H2,14,15,16,17). The van der Waals surface area contributed by atoms with E-state index in [0.29, 0.717) is 11.6 Å². The number of hydrogen-bond acceptors (Lipinski definition) is 3. The predicted octanol–water partition coefficient (Wildman–Crippen LogP) is 1.93. The lowest BCUT2D eigenvalue weighted by molar-refractivity contribution is 0.348. The van der Waals surface area contributed by atoms with Crippen LogP contribution < -0.4 is 10.9 Å². The molecule has 17 heavy (non-hydrogen) atoms. The Bertz CT molecular complexity index is 468. The van der Waals surface area contributed by atoms with Crippen molar-refractivity contribution in [1.29, 1.82) is 0 Å². The Labute approximate surface area is 101 Å². The Morgan fingerprint density at radius 2 is 2.35 bits per heavy atom. The fourth-order valence-electron chi connectivity index (χ4n) is 3.53. The van der Waals surface area contributed by atoms with Gasteiger partial charge in [-0.3, -0.25) is 4.79 Å². The summed E-state index contributed by atoms with van der Waals surface area (Å²) in [5.41, 5.74) is -0.0760. The highest BCUT2D eigenvalue weighted by Crippen LogP contribution is 2.48.